The van der Waals surface area contributed by atoms with Gasteiger partial charge in [-0.3, -0.25) is 9.59 Å². The van der Waals surface area contributed by atoms with Crippen LogP contribution < -0.4 is 4.74 Å². The molecule has 0 N–H and O–H groups in total. The molecular formula is C24H28N2O3. The molecule has 0 unspecified atom stereocenters. The van der Waals surface area contributed by atoms with Crippen molar-refractivity contribution >= 4 is 11.8 Å². The summed E-state index contributed by atoms with van der Waals surface area (Å²) in [5.41, 5.74) is 0.624. The van der Waals surface area contributed by atoms with Crippen LogP contribution in [0.25, 0.3) is 0 Å². The van der Waals surface area contributed by atoms with E-state index < -0.39 is 0 Å². The van der Waals surface area contributed by atoms with Crippen LogP contribution in [0.4, 0.5) is 0 Å². The van der Waals surface area contributed by atoms with Crippen LogP contribution >= 0.6 is 0 Å². The van der Waals surface area contributed by atoms with E-state index in [9.17, 15) is 9.59 Å². The summed E-state index contributed by atoms with van der Waals surface area (Å²) in [7, 11) is 0. The minimum atomic E-state index is 0.00684. The lowest BCUT2D eigenvalue weighted by molar-refractivity contribution is -0.137. The Morgan fingerprint density at radius 2 is 1.45 bits per heavy atom. The molecule has 0 aromatic heterocycles. The minimum absolute atomic E-state index is 0.00684. The number of hydrogen-bond acceptors (Lipinski definition) is 3. The molecule has 0 saturated carbocycles. The number of carbonyl (C=O) groups is 2. The van der Waals surface area contributed by atoms with Gasteiger partial charge in [0, 0.05) is 37.7 Å². The van der Waals surface area contributed by atoms with Crippen LogP contribution in [0.2, 0.25) is 0 Å². The van der Waals surface area contributed by atoms with Crippen LogP contribution in [0.15, 0.2) is 54.6 Å². The van der Waals surface area contributed by atoms with Crippen molar-refractivity contribution in [1.29, 1.82) is 0 Å². The predicted molar refractivity (Wildman–Crippen MR) is 112 cm³/mol. The number of nitrogens with zero attached hydrogens (tertiary/aromatic N) is 2. The van der Waals surface area contributed by atoms with Gasteiger partial charge in [0.1, 0.15) is 11.5 Å². The zero-order valence-electron chi connectivity index (χ0n) is 16.8. The van der Waals surface area contributed by atoms with Gasteiger partial charge < -0.3 is 14.5 Å². The Kier molecular flexibility index (Phi) is 6.13. The molecule has 2 aromatic rings. The first kappa shape index (κ1) is 19.5. The summed E-state index contributed by atoms with van der Waals surface area (Å²) in [6.45, 7) is 3.05. The van der Waals surface area contributed by atoms with E-state index in [1.807, 2.05) is 58.3 Å². The third kappa shape index (κ3) is 4.78. The summed E-state index contributed by atoms with van der Waals surface area (Å²) in [6.07, 6.45) is 4.96. The lowest BCUT2D eigenvalue weighted by atomic mass is 9.94. The van der Waals surface area contributed by atoms with E-state index in [2.05, 4.69) is 0 Å². The zero-order chi connectivity index (χ0) is 20.1. The maximum absolute atomic E-state index is 13.0. The van der Waals surface area contributed by atoms with Crippen LogP contribution in [0.1, 0.15) is 42.5 Å². The Morgan fingerprint density at radius 3 is 2.17 bits per heavy atom. The van der Waals surface area contributed by atoms with Gasteiger partial charge in [-0.1, -0.05) is 24.3 Å². The van der Waals surface area contributed by atoms with E-state index in [0.29, 0.717) is 24.4 Å². The second-order valence-corrected chi connectivity index (χ2v) is 7.90. The quantitative estimate of drug-likeness (QED) is 0.778. The van der Waals surface area contributed by atoms with E-state index >= 15 is 0 Å². The van der Waals surface area contributed by atoms with Crippen molar-refractivity contribution in [1.82, 2.24) is 9.80 Å². The van der Waals surface area contributed by atoms with Crippen molar-refractivity contribution in [2.45, 2.75) is 32.1 Å². The summed E-state index contributed by atoms with van der Waals surface area (Å²) in [5, 5.41) is 0. The molecule has 2 amide bonds. The van der Waals surface area contributed by atoms with Gasteiger partial charge in [0.25, 0.3) is 5.91 Å². The lowest BCUT2D eigenvalue weighted by Crippen LogP contribution is -2.45. The van der Waals surface area contributed by atoms with E-state index in [1.165, 1.54) is 6.42 Å². The lowest BCUT2D eigenvalue weighted by Gasteiger charge is -2.35. The Balaban J connectivity index is 1.34. The number of likely N-dealkylation sites (tertiary alicyclic amines) is 2. The highest BCUT2D eigenvalue weighted by Crippen LogP contribution is 2.25. The summed E-state index contributed by atoms with van der Waals surface area (Å²) >= 11 is 0. The topological polar surface area (TPSA) is 49.9 Å². The van der Waals surface area contributed by atoms with Crippen molar-refractivity contribution in [2.24, 2.45) is 5.92 Å². The normalized spacial score (nSPS) is 17.8. The maximum atomic E-state index is 13.0. The Morgan fingerprint density at radius 1 is 0.759 bits per heavy atom. The van der Waals surface area contributed by atoms with Crippen LogP contribution in [-0.4, -0.2) is 47.8 Å². The fourth-order valence-corrected chi connectivity index (χ4v) is 4.20. The number of piperidine rings is 2. The maximum Gasteiger partial charge on any atom is 0.253 e. The van der Waals surface area contributed by atoms with Crippen molar-refractivity contribution < 1.29 is 14.3 Å². The largest absolute Gasteiger partial charge is 0.457 e. The van der Waals surface area contributed by atoms with E-state index in [0.717, 1.165) is 44.5 Å². The molecule has 0 spiro atoms. The summed E-state index contributed by atoms with van der Waals surface area (Å²) in [4.78, 5) is 29.6. The molecule has 152 valence electrons. The first-order valence-electron chi connectivity index (χ1n) is 10.6. The third-order valence-electron chi connectivity index (χ3n) is 5.86. The fraction of sp³-hybridized carbons (Fsp3) is 0.417. The number of hydrogen-bond donors (Lipinski definition) is 0. The average Bonchev–Trinajstić information content (AvgIpc) is 2.80. The monoisotopic (exact) mass is 392 g/mol. The van der Waals surface area contributed by atoms with Crippen molar-refractivity contribution in [3.8, 4) is 11.5 Å². The standard InChI is InChI=1S/C24H28N2O3/c27-23(25-14-5-2-6-15-25)19-12-16-26(17-13-19)24(28)20-8-7-11-22(18-20)29-21-9-3-1-4-10-21/h1,3-4,7-11,18-19H,2,5-6,12-17H2. The van der Waals surface area contributed by atoms with Gasteiger partial charge in [-0.15, -0.1) is 0 Å². The molecule has 2 aliphatic heterocycles. The number of rotatable bonds is 4. The number of carbonyl (C=O) groups excluding carboxylic acids is 2. The highest BCUT2D eigenvalue weighted by Gasteiger charge is 2.31. The van der Waals surface area contributed by atoms with Gasteiger partial charge in [-0.25, -0.2) is 0 Å². The smallest absolute Gasteiger partial charge is 0.253 e. The van der Waals surface area contributed by atoms with Crippen molar-refractivity contribution in [2.75, 3.05) is 26.2 Å². The van der Waals surface area contributed by atoms with Gasteiger partial charge in [-0.2, -0.15) is 0 Å². The molecule has 2 aromatic carbocycles. The van der Waals surface area contributed by atoms with Crippen molar-refractivity contribution in [3.05, 3.63) is 60.2 Å². The van der Waals surface area contributed by atoms with Crippen LogP contribution in [0.3, 0.4) is 0 Å². The first-order chi connectivity index (χ1) is 14.2. The number of para-hydroxylation sites is 1. The minimum Gasteiger partial charge on any atom is -0.457 e. The average molecular weight is 392 g/mol. The molecule has 29 heavy (non-hydrogen) atoms. The van der Waals surface area contributed by atoms with Crippen LogP contribution in [-0.2, 0) is 4.79 Å². The molecule has 4 rings (SSSR count). The van der Waals surface area contributed by atoms with Crippen molar-refractivity contribution in [3.63, 3.8) is 0 Å². The molecule has 2 fully saturated rings. The Bertz CT molecular complexity index is 838. The molecular weight excluding hydrogens is 364 g/mol. The number of amides is 2. The molecule has 0 aliphatic carbocycles. The van der Waals surface area contributed by atoms with E-state index in [-0.39, 0.29) is 17.7 Å². The molecule has 0 atom stereocenters. The molecule has 2 saturated heterocycles. The fourth-order valence-electron chi connectivity index (χ4n) is 4.20. The van der Waals surface area contributed by atoms with E-state index in [1.54, 1.807) is 6.07 Å². The molecule has 2 heterocycles. The second-order valence-electron chi connectivity index (χ2n) is 7.90. The van der Waals surface area contributed by atoms with E-state index in [4.69, 9.17) is 4.74 Å². The summed E-state index contributed by atoms with van der Waals surface area (Å²) < 4.78 is 5.85. The summed E-state index contributed by atoms with van der Waals surface area (Å²) in [6, 6.07) is 16.9. The molecule has 5 nitrogen and oxygen atoms in total. The molecule has 5 heteroatoms. The van der Waals surface area contributed by atoms with Crippen LogP contribution in [0.5, 0.6) is 11.5 Å². The highest BCUT2D eigenvalue weighted by molar-refractivity contribution is 5.94. The highest BCUT2D eigenvalue weighted by atomic mass is 16.5. The zero-order valence-corrected chi connectivity index (χ0v) is 16.8. The van der Waals surface area contributed by atoms with Crippen LogP contribution in [0, 0.1) is 5.92 Å². The molecule has 0 bridgehead atoms. The second kappa shape index (κ2) is 9.12. The SMILES string of the molecule is O=C(c1cccc(Oc2ccccc2)c1)N1CCC(C(=O)N2CCCCC2)CC1. The van der Waals surface area contributed by atoms with Gasteiger partial charge in [-0.05, 0) is 62.4 Å². The van der Waals surface area contributed by atoms with Gasteiger partial charge >= 0.3 is 0 Å². The van der Waals surface area contributed by atoms with Gasteiger partial charge in [0.15, 0.2) is 0 Å². The molecule has 0 radical (unpaired) electrons. The van der Waals surface area contributed by atoms with Gasteiger partial charge in [0.05, 0.1) is 0 Å². The third-order valence-corrected chi connectivity index (χ3v) is 5.86. The number of ether oxygens (including phenoxy) is 1. The Hall–Kier alpha value is -2.82. The first-order valence-corrected chi connectivity index (χ1v) is 10.6. The number of benzene rings is 2. The van der Waals surface area contributed by atoms with Gasteiger partial charge in [0.2, 0.25) is 5.91 Å². The predicted octanol–water partition coefficient (Wildman–Crippen LogP) is 4.34. The summed E-state index contributed by atoms with van der Waals surface area (Å²) in [5.74, 6) is 1.75. The Labute approximate surface area is 172 Å². The molecule has 2 aliphatic rings.